The third-order valence-corrected chi connectivity index (χ3v) is 3.65. The summed E-state index contributed by atoms with van der Waals surface area (Å²) in [7, 11) is 0. The van der Waals surface area contributed by atoms with E-state index in [-0.39, 0.29) is 11.3 Å². The minimum Gasteiger partial charge on any atom is -0.317 e. The van der Waals surface area contributed by atoms with Crippen LogP contribution in [0.2, 0.25) is 0 Å². The van der Waals surface area contributed by atoms with Gasteiger partial charge in [-0.2, -0.15) is 0 Å². The van der Waals surface area contributed by atoms with Crippen LogP contribution >= 0.6 is 0 Å². The summed E-state index contributed by atoms with van der Waals surface area (Å²) < 4.78 is 1.80. The molecule has 0 aromatic carbocycles. The SMILES string of the molecule is CCNCC(C)Cn1c2c(ccc1=O)C(=O)CCC2. The molecule has 4 heteroatoms. The van der Waals surface area contributed by atoms with Crippen molar-refractivity contribution in [1.82, 2.24) is 9.88 Å². The molecule has 1 aromatic rings. The molecule has 1 aliphatic carbocycles. The molecule has 0 amide bonds. The van der Waals surface area contributed by atoms with E-state index in [4.69, 9.17) is 0 Å². The maximum atomic E-state index is 12.0. The first-order valence-corrected chi connectivity index (χ1v) is 7.10. The lowest BCUT2D eigenvalue weighted by atomic mass is 9.94. The van der Waals surface area contributed by atoms with Crippen LogP contribution < -0.4 is 10.9 Å². The Balaban J connectivity index is 2.27. The molecule has 0 aliphatic heterocycles. The monoisotopic (exact) mass is 262 g/mol. The van der Waals surface area contributed by atoms with Crippen molar-refractivity contribution in [2.24, 2.45) is 5.92 Å². The van der Waals surface area contributed by atoms with E-state index in [0.29, 0.717) is 18.9 Å². The van der Waals surface area contributed by atoms with E-state index in [1.807, 2.05) is 0 Å². The number of carbonyl (C=O) groups is 1. The number of aromatic nitrogens is 1. The van der Waals surface area contributed by atoms with Crippen molar-refractivity contribution in [2.75, 3.05) is 13.1 Å². The average molecular weight is 262 g/mol. The topological polar surface area (TPSA) is 51.1 Å². The van der Waals surface area contributed by atoms with Gasteiger partial charge in [0.2, 0.25) is 0 Å². The highest BCUT2D eigenvalue weighted by Gasteiger charge is 2.21. The number of fused-ring (bicyclic) bond motifs is 1. The number of hydrogen-bond donors (Lipinski definition) is 1. The molecule has 1 aliphatic rings. The zero-order valence-corrected chi connectivity index (χ0v) is 11.7. The number of carbonyl (C=O) groups excluding carboxylic acids is 1. The van der Waals surface area contributed by atoms with Crippen molar-refractivity contribution in [3.05, 3.63) is 33.7 Å². The summed E-state index contributed by atoms with van der Waals surface area (Å²) in [4.78, 5) is 23.9. The summed E-state index contributed by atoms with van der Waals surface area (Å²) in [5.41, 5.74) is 1.70. The van der Waals surface area contributed by atoms with Gasteiger partial charge >= 0.3 is 0 Å². The summed E-state index contributed by atoms with van der Waals surface area (Å²) in [6.45, 7) is 6.70. The van der Waals surface area contributed by atoms with Crippen molar-refractivity contribution in [2.45, 2.75) is 39.7 Å². The van der Waals surface area contributed by atoms with E-state index in [9.17, 15) is 9.59 Å². The van der Waals surface area contributed by atoms with Gasteiger partial charge in [-0.15, -0.1) is 0 Å². The molecule has 19 heavy (non-hydrogen) atoms. The molecule has 4 nitrogen and oxygen atoms in total. The molecule has 1 atom stereocenters. The quantitative estimate of drug-likeness (QED) is 0.877. The highest BCUT2D eigenvalue weighted by Crippen LogP contribution is 2.20. The molecule has 1 N–H and O–H groups in total. The van der Waals surface area contributed by atoms with E-state index < -0.39 is 0 Å². The Kier molecular flexibility index (Phi) is 4.53. The first-order valence-electron chi connectivity index (χ1n) is 7.10. The molecular formula is C15H22N2O2. The van der Waals surface area contributed by atoms with Gasteiger partial charge in [0.05, 0.1) is 0 Å². The standard InChI is InChI=1S/C15H22N2O2/c1-3-16-9-11(2)10-17-13-5-4-6-14(18)12(13)7-8-15(17)19/h7-8,11,16H,3-6,9-10H2,1-2H3. The minimum atomic E-state index is 0.0109. The predicted molar refractivity (Wildman–Crippen MR) is 75.7 cm³/mol. The van der Waals surface area contributed by atoms with E-state index in [1.165, 1.54) is 6.07 Å². The molecule has 0 spiro atoms. The van der Waals surface area contributed by atoms with Gasteiger partial charge in [0.15, 0.2) is 5.78 Å². The van der Waals surface area contributed by atoms with Gasteiger partial charge in [-0.25, -0.2) is 0 Å². The molecule has 0 radical (unpaired) electrons. The number of Topliss-reactive ketones (excluding diaryl/α,β-unsaturated/α-hetero) is 1. The van der Waals surface area contributed by atoms with Crippen molar-refractivity contribution in [3.63, 3.8) is 0 Å². The van der Waals surface area contributed by atoms with Gasteiger partial charge in [-0.05, 0) is 37.9 Å². The largest absolute Gasteiger partial charge is 0.317 e. The Labute approximate surface area is 113 Å². The van der Waals surface area contributed by atoms with Crippen molar-refractivity contribution >= 4 is 5.78 Å². The van der Waals surface area contributed by atoms with Crippen LogP contribution in [0.3, 0.4) is 0 Å². The first-order chi connectivity index (χ1) is 9.13. The molecule has 0 saturated carbocycles. The second-order valence-electron chi connectivity index (χ2n) is 5.33. The normalized spacial score (nSPS) is 16.2. The van der Waals surface area contributed by atoms with Crippen LogP contribution in [0.15, 0.2) is 16.9 Å². The number of pyridine rings is 1. The fourth-order valence-corrected chi connectivity index (χ4v) is 2.66. The molecule has 1 heterocycles. The van der Waals surface area contributed by atoms with Crippen LogP contribution in [-0.4, -0.2) is 23.4 Å². The lowest BCUT2D eigenvalue weighted by molar-refractivity contribution is 0.0970. The van der Waals surface area contributed by atoms with Gasteiger partial charge in [0, 0.05) is 30.3 Å². The Hall–Kier alpha value is -1.42. The second kappa shape index (κ2) is 6.15. The Morgan fingerprint density at radius 2 is 2.11 bits per heavy atom. The maximum absolute atomic E-state index is 12.0. The fraction of sp³-hybridized carbons (Fsp3) is 0.600. The number of hydrogen-bond acceptors (Lipinski definition) is 3. The van der Waals surface area contributed by atoms with E-state index in [1.54, 1.807) is 10.6 Å². The lowest BCUT2D eigenvalue weighted by Crippen LogP contribution is -2.32. The smallest absolute Gasteiger partial charge is 0.250 e. The third kappa shape index (κ3) is 3.13. The molecule has 0 saturated heterocycles. The molecule has 2 rings (SSSR count). The highest BCUT2D eigenvalue weighted by molar-refractivity contribution is 5.97. The van der Waals surface area contributed by atoms with Crippen LogP contribution in [0.1, 0.15) is 42.7 Å². The van der Waals surface area contributed by atoms with Crippen LogP contribution in [0, 0.1) is 5.92 Å². The Morgan fingerprint density at radius 3 is 2.84 bits per heavy atom. The minimum absolute atomic E-state index is 0.0109. The summed E-state index contributed by atoms with van der Waals surface area (Å²) in [6.07, 6.45) is 2.31. The third-order valence-electron chi connectivity index (χ3n) is 3.65. The predicted octanol–water partition coefficient (Wildman–Crippen LogP) is 1.61. The Morgan fingerprint density at radius 1 is 1.32 bits per heavy atom. The lowest BCUT2D eigenvalue weighted by Gasteiger charge is -2.22. The van der Waals surface area contributed by atoms with Crippen LogP contribution in [-0.2, 0) is 13.0 Å². The molecular weight excluding hydrogens is 240 g/mol. The average Bonchev–Trinajstić information content (AvgIpc) is 2.40. The van der Waals surface area contributed by atoms with Gasteiger partial charge in [0.1, 0.15) is 0 Å². The van der Waals surface area contributed by atoms with Gasteiger partial charge < -0.3 is 9.88 Å². The van der Waals surface area contributed by atoms with Gasteiger partial charge in [-0.1, -0.05) is 13.8 Å². The summed E-state index contributed by atoms with van der Waals surface area (Å²) in [5, 5.41) is 3.29. The van der Waals surface area contributed by atoms with Gasteiger partial charge in [0.25, 0.3) is 5.56 Å². The van der Waals surface area contributed by atoms with Crippen LogP contribution in [0.4, 0.5) is 0 Å². The van der Waals surface area contributed by atoms with Crippen molar-refractivity contribution in [3.8, 4) is 0 Å². The highest BCUT2D eigenvalue weighted by atomic mass is 16.1. The molecule has 0 bridgehead atoms. The van der Waals surface area contributed by atoms with E-state index in [2.05, 4.69) is 19.2 Å². The van der Waals surface area contributed by atoms with Crippen LogP contribution in [0.25, 0.3) is 0 Å². The number of rotatable bonds is 5. The zero-order valence-electron chi connectivity index (χ0n) is 11.7. The van der Waals surface area contributed by atoms with Gasteiger partial charge in [-0.3, -0.25) is 9.59 Å². The molecule has 1 aromatic heterocycles. The van der Waals surface area contributed by atoms with E-state index >= 15 is 0 Å². The summed E-state index contributed by atoms with van der Waals surface area (Å²) in [5.74, 6) is 0.551. The first kappa shape index (κ1) is 14.0. The van der Waals surface area contributed by atoms with E-state index in [0.717, 1.165) is 37.2 Å². The summed E-state index contributed by atoms with van der Waals surface area (Å²) in [6, 6.07) is 3.23. The van der Waals surface area contributed by atoms with Crippen molar-refractivity contribution in [1.29, 1.82) is 0 Å². The van der Waals surface area contributed by atoms with Crippen LogP contribution in [0.5, 0.6) is 0 Å². The second-order valence-corrected chi connectivity index (χ2v) is 5.33. The van der Waals surface area contributed by atoms with Crippen molar-refractivity contribution < 1.29 is 4.79 Å². The Bertz CT molecular complexity index is 519. The number of nitrogens with zero attached hydrogens (tertiary/aromatic N) is 1. The zero-order chi connectivity index (χ0) is 13.8. The molecule has 104 valence electrons. The number of nitrogens with one attached hydrogen (secondary N) is 1. The maximum Gasteiger partial charge on any atom is 0.250 e. The molecule has 1 unspecified atom stereocenters. The summed E-state index contributed by atoms with van der Waals surface area (Å²) >= 11 is 0. The fourth-order valence-electron chi connectivity index (χ4n) is 2.66. The number of ketones is 1. The molecule has 0 fully saturated rings.